The minimum absolute atomic E-state index is 0.228. The van der Waals surface area contributed by atoms with Gasteiger partial charge in [0.15, 0.2) is 6.61 Å². The van der Waals surface area contributed by atoms with Crippen LogP contribution in [0.5, 0.6) is 11.5 Å². The highest BCUT2D eigenvalue weighted by molar-refractivity contribution is 9.10. The number of para-hydroxylation sites is 1. The van der Waals surface area contributed by atoms with E-state index >= 15 is 0 Å². The summed E-state index contributed by atoms with van der Waals surface area (Å²) in [6, 6.07) is 12.7. The van der Waals surface area contributed by atoms with Gasteiger partial charge in [0, 0.05) is 0 Å². The van der Waals surface area contributed by atoms with Crippen LogP contribution in [0.2, 0.25) is 0 Å². The molecule has 7 heteroatoms. The predicted molar refractivity (Wildman–Crippen MR) is 116 cm³/mol. The Morgan fingerprint density at radius 2 is 1.79 bits per heavy atom. The molecular formula is C22H27BrN2O4. The fraction of sp³-hybridized carbons (Fsp3) is 0.364. The topological polar surface area (TPSA) is 76.7 Å². The molecule has 156 valence electrons. The lowest BCUT2D eigenvalue weighted by Gasteiger charge is -2.13. The van der Waals surface area contributed by atoms with Crippen molar-refractivity contribution >= 4 is 27.7 Å². The van der Waals surface area contributed by atoms with Crippen LogP contribution >= 0.6 is 15.9 Å². The van der Waals surface area contributed by atoms with Gasteiger partial charge in [0.25, 0.3) is 11.8 Å². The zero-order valence-corrected chi connectivity index (χ0v) is 18.5. The molecule has 0 heterocycles. The van der Waals surface area contributed by atoms with Crippen LogP contribution in [-0.4, -0.2) is 25.0 Å². The minimum atomic E-state index is -0.470. The van der Waals surface area contributed by atoms with E-state index in [0.717, 1.165) is 17.3 Å². The van der Waals surface area contributed by atoms with Gasteiger partial charge in [-0.2, -0.15) is 0 Å². The lowest BCUT2D eigenvalue weighted by Crippen LogP contribution is -2.44. The molecule has 0 fully saturated rings. The van der Waals surface area contributed by atoms with Crippen molar-refractivity contribution in [3.8, 4) is 11.5 Å². The number of ether oxygens (including phenoxy) is 2. The number of rotatable bonds is 9. The van der Waals surface area contributed by atoms with Gasteiger partial charge < -0.3 is 9.47 Å². The molecule has 0 radical (unpaired) electrons. The van der Waals surface area contributed by atoms with Crippen LogP contribution in [-0.2, 0) is 4.79 Å². The SMILES string of the molecule is CCCCOc1ccccc1C(=O)NNC(=O)COc1ccc(C(C)C)cc1Br. The van der Waals surface area contributed by atoms with Crippen LogP contribution in [0.25, 0.3) is 0 Å². The van der Waals surface area contributed by atoms with Gasteiger partial charge in [-0.3, -0.25) is 20.4 Å². The standard InChI is InChI=1S/C22H27BrN2O4/c1-4-5-12-28-19-9-7-6-8-17(19)22(27)25-24-21(26)14-29-20-11-10-16(15(2)3)13-18(20)23/h6-11,13,15H,4-5,12,14H2,1-3H3,(H,24,26)(H,25,27). The third-order valence-electron chi connectivity index (χ3n) is 4.18. The van der Waals surface area contributed by atoms with Gasteiger partial charge in [-0.25, -0.2) is 0 Å². The molecule has 2 rings (SSSR count). The van der Waals surface area contributed by atoms with Crippen LogP contribution in [0.4, 0.5) is 0 Å². The summed E-state index contributed by atoms with van der Waals surface area (Å²) in [6.07, 6.45) is 1.90. The molecule has 6 nitrogen and oxygen atoms in total. The van der Waals surface area contributed by atoms with Gasteiger partial charge in [-0.1, -0.05) is 45.4 Å². The molecule has 0 saturated carbocycles. The molecule has 0 aliphatic carbocycles. The second-order valence-electron chi connectivity index (χ2n) is 6.83. The minimum Gasteiger partial charge on any atom is -0.493 e. The Kier molecular flexibility index (Phi) is 8.99. The molecule has 0 aromatic heterocycles. The molecular weight excluding hydrogens is 436 g/mol. The average Bonchev–Trinajstić information content (AvgIpc) is 2.71. The van der Waals surface area contributed by atoms with E-state index in [1.54, 1.807) is 24.3 Å². The van der Waals surface area contributed by atoms with E-state index in [1.807, 2.05) is 18.2 Å². The van der Waals surface area contributed by atoms with Crippen LogP contribution in [0.15, 0.2) is 46.9 Å². The van der Waals surface area contributed by atoms with Gasteiger partial charge in [-0.05, 0) is 58.1 Å². The molecule has 2 aromatic rings. The van der Waals surface area contributed by atoms with E-state index < -0.39 is 11.8 Å². The summed E-state index contributed by atoms with van der Waals surface area (Å²) >= 11 is 3.45. The molecule has 0 aliphatic heterocycles. The number of hydrazine groups is 1. The van der Waals surface area contributed by atoms with Crippen molar-refractivity contribution in [1.29, 1.82) is 0 Å². The highest BCUT2D eigenvalue weighted by Gasteiger charge is 2.13. The summed E-state index contributed by atoms with van der Waals surface area (Å²) in [5, 5.41) is 0. The van der Waals surface area contributed by atoms with Crippen molar-refractivity contribution in [2.24, 2.45) is 0 Å². The maximum atomic E-state index is 12.4. The third-order valence-corrected chi connectivity index (χ3v) is 4.80. The smallest absolute Gasteiger partial charge is 0.276 e. The van der Waals surface area contributed by atoms with Crippen molar-refractivity contribution < 1.29 is 19.1 Å². The maximum Gasteiger partial charge on any atom is 0.276 e. The molecule has 2 N–H and O–H groups in total. The predicted octanol–water partition coefficient (Wildman–Crippen LogP) is 4.59. The van der Waals surface area contributed by atoms with E-state index in [-0.39, 0.29) is 6.61 Å². The Morgan fingerprint density at radius 1 is 1.03 bits per heavy atom. The first-order chi connectivity index (χ1) is 13.9. The molecule has 0 unspecified atom stereocenters. The molecule has 2 amide bonds. The van der Waals surface area contributed by atoms with Crippen molar-refractivity contribution in [1.82, 2.24) is 10.9 Å². The second-order valence-corrected chi connectivity index (χ2v) is 7.69. The number of unbranched alkanes of at least 4 members (excludes halogenated alkanes) is 1. The van der Waals surface area contributed by atoms with Gasteiger partial charge in [0.1, 0.15) is 11.5 Å². The first-order valence-corrected chi connectivity index (χ1v) is 10.4. The summed E-state index contributed by atoms with van der Waals surface area (Å²) in [4.78, 5) is 24.4. The van der Waals surface area contributed by atoms with E-state index in [0.29, 0.717) is 29.6 Å². The maximum absolute atomic E-state index is 12.4. The number of amides is 2. The van der Waals surface area contributed by atoms with Crippen molar-refractivity contribution in [3.05, 3.63) is 58.1 Å². The number of nitrogens with one attached hydrogen (secondary N) is 2. The molecule has 0 atom stereocenters. The average molecular weight is 463 g/mol. The van der Waals surface area contributed by atoms with Crippen LogP contribution in [0.3, 0.4) is 0 Å². The fourth-order valence-corrected chi connectivity index (χ4v) is 2.98. The fourth-order valence-electron chi connectivity index (χ4n) is 2.47. The summed E-state index contributed by atoms with van der Waals surface area (Å²) in [5.41, 5.74) is 6.28. The largest absolute Gasteiger partial charge is 0.493 e. The number of halogens is 1. The van der Waals surface area contributed by atoms with Gasteiger partial charge in [0.05, 0.1) is 16.6 Å². The molecule has 0 spiro atoms. The Morgan fingerprint density at radius 3 is 2.48 bits per heavy atom. The van der Waals surface area contributed by atoms with E-state index in [2.05, 4.69) is 47.6 Å². The van der Waals surface area contributed by atoms with Gasteiger partial charge in [0.2, 0.25) is 0 Å². The van der Waals surface area contributed by atoms with Crippen LogP contribution in [0.1, 0.15) is 55.5 Å². The summed E-state index contributed by atoms with van der Waals surface area (Å²) in [7, 11) is 0. The first kappa shape index (κ1) is 22.7. The molecule has 2 aromatic carbocycles. The number of hydrogen-bond donors (Lipinski definition) is 2. The Bertz CT molecular complexity index is 839. The monoisotopic (exact) mass is 462 g/mol. The normalized spacial score (nSPS) is 10.5. The summed E-state index contributed by atoms with van der Waals surface area (Å²) in [6.45, 7) is 6.58. The number of carbonyl (C=O) groups excluding carboxylic acids is 2. The molecule has 0 saturated heterocycles. The van der Waals surface area contributed by atoms with Crippen LogP contribution in [0, 0.1) is 0 Å². The number of hydrogen-bond acceptors (Lipinski definition) is 4. The Balaban J connectivity index is 1.86. The summed E-state index contributed by atoms with van der Waals surface area (Å²) < 4.78 is 11.9. The highest BCUT2D eigenvalue weighted by atomic mass is 79.9. The second kappa shape index (κ2) is 11.5. The van der Waals surface area contributed by atoms with E-state index in [9.17, 15) is 9.59 Å². The molecule has 29 heavy (non-hydrogen) atoms. The summed E-state index contributed by atoms with van der Waals surface area (Å²) in [5.74, 6) is 0.520. The quantitative estimate of drug-likeness (QED) is 0.421. The van der Waals surface area contributed by atoms with Crippen molar-refractivity contribution in [2.45, 2.75) is 39.5 Å². The van der Waals surface area contributed by atoms with Crippen molar-refractivity contribution in [2.75, 3.05) is 13.2 Å². The van der Waals surface area contributed by atoms with E-state index in [1.165, 1.54) is 5.56 Å². The number of benzene rings is 2. The van der Waals surface area contributed by atoms with Crippen molar-refractivity contribution in [3.63, 3.8) is 0 Å². The van der Waals surface area contributed by atoms with E-state index in [4.69, 9.17) is 9.47 Å². The molecule has 0 bridgehead atoms. The Hall–Kier alpha value is -2.54. The zero-order valence-electron chi connectivity index (χ0n) is 17.0. The lowest BCUT2D eigenvalue weighted by atomic mass is 10.0. The lowest BCUT2D eigenvalue weighted by molar-refractivity contribution is -0.123. The third kappa shape index (κ3) is 7.09. The zero-order chi connectivity index (χ0) is 21.2. The first-order valence-electron chi connectivity index (χ1n) is 9.65. The molecule has 0 aliphatic rings. The van der Waals surface area contributed by atoms with Gasteiger partial charge >= 0.3 is 0 Å². The van der Waals surface area contributed by atoms with Crippen LogP contribution < -0.4 is 20.3 Å². The number of carbonyl (C=O) groups is 2. The van der Waals surface area contributed by atoms with Gasteiger partial charge in [-0.15, -0.1) is 0 Å². The Labute approximate surface area is 180 Å². The highest BCUT2D eigenvalue weighted by Crippen LogP contribution is 2.28.